The molecule has 0 radical (unpaired) electrons. The highest BCUT2D eigenvalue weighted by Gasteiger charge is 2.28. The molecule has 0 aromatic heterocycles. The quantitative estimate of drug-likeness (QED) is 0.790. The van der Waals surface area contributed by atoms with Crippen molar-refractivity contribution in [2.45, 2.75) is 6.10 Å². The molecule has 1 amide bonds. The summed E-state index contributed by atoms with van der Waals surface area (Å²) in [6, 6.07) is 9.53. The highest BCUT2D eigenvalue weighted by molar-refractivity contribution is 6.42. The minimum atomic E-state index is -0.567. The fourth-order valence-electron chi connectivity index (χ4n) is 2.80. The Hall–Kier alpha value is -1.82. The maximum absolute atomic E-state index is 13.9. The number of hydrogen-bond donors (Lipinski definition) is 0. The summed E-state index contributed by atoms with van der Waals surface area (Å²) in [5.41, 5.74) is 1.02. The van der Waals surface area contributed by atoms with Gasteiger partial charge in [0.2, 0.25) is 0 Å². The summed E-state index contributed by atoms with van der Waals surface area (Å²) in [7, 11) is 1.34. The number of halogens is 3. The number of hydrogen-bond acceptors (Lipinski definition) is 3. The second kappa shape index (κ2) is 7.60. The van der Waals surface area contributed by atoms with Crippen molar-refractivity contribution in [1.29, 1.82) is 0 Å². The standard InChI is InChI=1S/C18H16Cl2FNO3/c1-24-17-12(3-2-4-15(17)21)18(23)22-7-8-25-16(10-22)11-5-6-13(19)14(20)9-11/h2-6,9,16H,7-8,10H2,1H3/t16-/m0/s1. The summed E-state index contributed by atoms with van der Waals surface area (Å²) >= 11 is 12.0. The van der Waals surface area contributed by atoms with Crippen LogP contribution in [0.3, 0.4) is 0 Å². The minimum Gasteiger partial charge on any atom is -0.493 e. The van der Waals surface area contributed by atoms with E-state index in [4.69, 9.17) is 32.7 Å². The van der Waals surface area contributed by atoms with E-state index >= 15 is 0 Å². The highest BCUT2D eigenvalue weighted by atomic mass is 35.5. The minimum absolute atomic E-state index is 0.0509. The number of ether oxygens (including phenoxy) is 2. The molecule has 2 aromatic carbocycles. The molecule has 4 nitrogen and oxygen atoms in total. The predicted molar refractivity (Wildman–Crippen MR) is 94.0 cm³/mol. The van der Waals surface area contributed by atoms with Gasteiger partial charge in [0.05, 0.1) is 35.9 Å². The van der Waals surface area contributed by atoms with Crippen molar-refractivity contribution in [3.63, 3.8) is 0 Å². The van der Waals surface area contributed by atoms with Crippen molar-refractivity contribution < 1.29 is 18.7 Å². The molecule has 25 heavy (non-hydrogen) atoms. The summed E-state index contributed by atoms with van der Waals surface area (Å²) in [6.07, 6.45) is -0.327. The average Bonchev–Trinajstić information content (AvgIpc) is 2.63. The zero-order chi connectivity index (χ0) is 18.0. The van der Waals surface area contributed by atoms with Gasteiger partial charge in [0.1, 0.15) is 6.10 Å². The van der Waals surface area contributed by atoms with Crippen LogP contribution >= 0.6 is 23.2 Å². The van der Waals surface area contributed by atoms with Gasteiger partial charge in [0.15, 0.2) is 11.6 Å². The summed E-state index contributed by atoms with van der Waals surface area (Å²) in [5.74, 6) is -0.919. The van der Waals surface area contributed by atoms with Gasteiger partial charge in [-0.3, -0.25) is 4.79 Å². The third kappa shape index (κ3) is 3.73. The lowest BCUT2D eigenvalue weighted by Gasteiger charge is -2.33. The molecule has 2 aromatic rings. The Labute approximate surface area is 155 Å². The van der Waals surface area contributed by atoms with Crippen LogP contribution in [-0.2, 0) is 4.74 Å². The molecule has 0 bridgehead atoms. The van der Waals surface area contributed by atoms with E-state index in [1.807, 2.05) is 6.07 Å². The molecule has 0 N–H and O–H groups in total. The Morgan fingerprint density at radius 1 is 1.28 bits per heavy atom. The molecule has 1 fully saturated rings. The van der Waals surface area contributed by atoms with Crippen molar-refractivity contribution >= 4 is 29.1 Å². The molecule has 132 valence electrons. The molecule has 1 aliphatic rings. The number of para-hydroxylation sites is 1. The van der Waals surface area contributed by atoms with E-state index in [0.717, 1.165) is 5.56 Å². The van der Waals surface area contributed by atoms with Crippen molar-refractivity contribution in [1.82, 2.24) is 4.90 Å². The van der Waals surface area contributed by atoms with Crippen LogP contribution < -0.4 is 4.74 Å². The van der Waals surface area contributed by atoms with Crippen molar-refractivity contribution in [2.24, 2.45) is 0 Å². The van der Waals surface area contributed by atoms with E-state index in [2.05, 4.69) is 0 Å². The lowest BCUT2D eigenvalue weighted by Crippen LogP contribution is -2.42. The lowest BCUT2D eigenvalue weighted by atomic mass is 10.1. The molecule has 1 saturated heterocycles. The van der Waals surface area contributed by atoms with E-state index < -0.39 is 5.82 Å². The van der Waals surface area contributed by atoms with Gasteiger partial charge in [-0.1, -0.05) is 35.3 Å². The largest absolute Gasteiger partial charge is 0.493 e. The first-order valence-corrected chi connectivity index (χ1v) is 8.45. The number of nitrogens with zero attached hydrogens (tertiary/aromatic N) is 1. The predicted octanol–water partition coefficient (Wildman–Crippen LogP) is 4.35. The van der Waals surface area contributed by atoms with Crippen molar-refractivity contribution in [3.05, 3.63) is 63.4 Å². The van der Waals surface area contributed by atoms with Crippen molar-refractivity contribution in [2.75, 3.05) is 26.8 Å². The maximum Gasteiger partial charge on any atom is 0.257 e. The molecule has 1 heterocycles. The molecule has 1 atom stereocenters. The van der Waals surface area contributed by atoms with Crippen LogP contribution in [0.4, 0.5) is 4.39 Å². The van der Waals surface area contributed by atoms with E-state index in [0.29, 0.717) is 29.7 Å². The number of amides is 1. The van der Waals surface area contributed by atoms with Crippen LogP contribution in [0.5, 0.6) is 5.75 Å². The SMILES string of the molecule is COc1c(F)cccc1C(=O)N1CCO[C@H](c2ccc(Cl)c(Cl)c2)C1. The van der Waals surface area contributed by atoms with Gasteiger partial charge in [0, 0.05) is 6.54 Å². The van der Waals surface area contributed by atoms with Gasteiger partial charge in [0.25, 0.3) is 5.91 Å². The molecule has 3 rings (SSSR count). The first-order chi connectivity index (χ1) is 12.0. The Morgan fingerprint density at radius 2 is 2.08 bits per heavy atom. The summed E-state index contributed by atoms with van der Waals surface area (Å²) in [6.45, 7) is 1.11. The fraction of sp³-hybridized carbons (Fsp3) is 0.278. The number of methoxy groups -OCH3 is 1. The molecular weight excluding hydrogens is 368 g/mol. The van der Waals surface area contributed by atoms with Crippen LogP contribution in [0.1, 0.15) is 22.0 Å². The Morgan fingerprint density at radius 3 is 2.80 bits per heavy atom. The Bertz CT molecular complexity index is 800. The van der Waals surface area contributed by atoms with E-state index in [1.165, 1.54) is 19.2 Å². The fourth-order valence-corrected chi connectivity index (χ4v) is 3.11. The van der Waals surface area contributed by atoms with E-state index in [-0.39, 0.29) is 23.3 Å². The average molecular weight is 384 g/mol. The second-order valence-electron chi connectivity index (χ2n) is 5.60. The zero-order valence-corrected chi connectivity index (χ0v) is 15.0. The Kier molecular flexibility index (Phi) is 5.47. The third-order valence-corrected chi connectivity index (χ3v) is 4.81. The number of benzene rings is 2. The molecule has 0 saturated carbocycles. The monoisotopic (exact) mass is 383 g/mol. The molecule has 0 spiro atoms. The van der Waals surface area contributed by atoms with Crippen LogP contribution in [0.15, 0.2) is 36.4 Å². The molecule has 7 heteroatoms. The first kappa shape index (κ1) is 18.0. The van der Waals surface area contributed by atoms with Gasteiger partial charge in [-0.2, -0.15) is 0 Å². The summed E-state index contributed by atoms with van der Waals surface area (Å²) in [5, 5.41) is 0.886. The van der Waals surface area contributed by atoms with Crippen LogP contribution in [-0.4, -0.2) is 37.6 Å². The van der Waals surface area contributed by atoms with Crippen molar-refractivity contribution in [3.8, 4) is 5.75 Å². The highest BCUT2D eigenvalue weighted by Crippen LogP contribution is 2.30. The third-order valence-electron chi connectivity index (χ3n) is 4.07. The van der Waals surface area contributed by atoms with Gasteiger partial charge < -0.3 is 14.4 Å². The number of carbonyl (C=O) groups excluding carboxylic acids is 1. The molecule has 0 aliphatic carbocycles. The lowest BCUT2D eigenvalue weighted by molar-refractivity contribution is -0.0229. The van der Waals surface area contributed by atoms with Gasteiger partial charge >= 0.3 is 0 Å². The molecular formula is C18H16Cl2FNO3. The van der Waals surface area contributed by atoms with Gasteiger partial charge in [-0.15, -0.1) is 0 Å². The summed E-state index contributed by atoms with van der Waals surface area (Å²) in [4.78, 5) is 14.4. The van der Waals surface area contributed by atoms with Gasteiger partial charge in [-0.05, 0) is 29.8 Å². The number of carbonyl (C=O) groups is 1. The van der Waals surface area contributed by atoms with E-state index in [9.17, 15) is 9.18 Å². The number of morpholine rings is 1. The molecule has 1 aliphatic heterocycles. The molecule has 0 unspecified atom stereocenters. The topological polar surface area (TPSA) is 38.8 Å². The zero-order valence-electron chi connectivity index (χ0n) is 13.5. The number of rotatable bonds is 3. The normalized spacial score (nSPS) is 17.4. The maximum atomic E-state index is 13.9. The van der Waals surface area contributed by atoms with Crippen LogP contribution in [0, 0.1) is 5.82 Å². The second-order valence-corrected chi connectivity index (χ2v) is 6.42. The smallest absolute Gasteiger partial charge is 0.257 e. The summed E-state index contributed by atoms with van der Waals surface area (Å²) < 4.78 is 24.7. The van der Waals surface area contributed by atoms with E-state index in [1.54, 1.807) is 23.1 Å². The van der Waals surface area contributed by atoms with Crippen LogP contribution in [0.25, 0.3) is 0 Å². The Balaban J connectivity index is 1.82. The van der Waals surface area contributed by atoms with Gasteiger partial charge in [-0.25, -0.2) is 4.39 Å². The first-order valence-electron chi connectivity index (χ1n) is 7.69. The van der Waals surface area contributed by atoms with Crippen LogP contribution in [0.2, 0.25) is 10.0 Å².